The van der Waals surface area contributed by atoms with E-state index in [-0.39, 0.29) is 0 Å². The van der Waals surface area contributed by atoms with Crippen LogP contribution in [0.2, 0.25) is 0 Å². The van der Waals surface area contributed by atoms with Gasteiger partial charge in [-0.1, -0.05) is 145 Å². The molecule has 0 amide bonds. The number of aliphatic imine (C=N–C) groups is 2. The third kappa shape index (κ3) is 5.70. The summed E-state index contributed by atoms with van der Waals surface area (Å²) < 4.78 is 2.36. The first-order valence-electron chi connectivity index (χ1n) is 17.1. The van der Waals surface area contributed by atoms with Gasteiger partial charge in [0.1, 0.15) is 0 Å². The van der Waals surface area contributed by atoms with Crippen LogP contribution >= 0.6 is 11.8 Å². The zero-order valence-corrected chi connectivity index (χ0v) is 28.7. The lowest BCUT2D eigenvalue weighted by molar-refractivity contribution is 1.07. The summed E-state index contributed by atoms with van der Waals surface area (Å²) >= 11 is 1.73. The van der Waals surface area contributed by atoms with Gasteiger partial charge in [-0.2, -0.15) is 0 Å². The molecule has 3 nitrogen and oxygen atoms in total. The first-order valence-corrected chi connectivity index (χ1v) is 17.9. The molecule has 0 radical (unpaired) electrons. The minimum absolute atomic E-state index is 0.589. The van der Waals surface area contributed by atoms with E-state index in [1.165, 1.54) is 54.6 Å². The van der Waals surface area contributed by atoms with E-state index in [2.05, 4.69) is 168 Å². The highest BCUT2D eigenvalue weighted by Gasteiger charge is 2.28. The molecule has 9 rings (SSSR count). The number of nitrogens with zero attached hydrogens (tertiary/aromatic N) is 3. The van der Waals surface area contributed by atoms with E-state index in [0.29, 0.717) is 6.54 Å². The Balaban J connectivity index is 1.08. The first kappa shape index (κ1) is 30.8. The Kier molecular flexibility index (Phi) is 8.00. The molecule has 0 saturated heterocycles. The molecule has 0 spiro atoms. The molecule has 2 heterocycles. The molecule has 0 aliphatic carbocycles. The minimum Gasteiger partial charge on any atom is -0.309 e. The number of aromatic nitrogens is 1. The smallest absolute Gasteiger partial charge is 0.0856 e. The Bertz CT molecular complexity index is 2620. The van der Waals surface area contributed by atoms with E-state index < -0.39 is 0 Å². The zero-order valence-electron chi connectivity index (χ0n) is 27.9. The van der Waals surface area contributed by atoms with Gasteiger partial charge < -0.3 is 4.57 Å². The second kappa shape index (κ2) is 13.2. The van der Waals surface area contributed by atoms with Crippen LogP contribution in [0, 0.1) is 0 Å². The van der Waals surface area contributed by atoms with Crippen molar-refractivity contribution in [2.75, 3.05) is 0 Å². The minimum atomic E-state index is 0.589. The quantitative estimate of drug-likeness (QED) is 0.155. The van der Waals surface area contributed by atoms with Gasteiger partial charge >= 0.3 is 0 Å². The normalized spacial score (nSPS) is 14.2. The van der Waals surface area contributed by atoms with Crippen molar-refractivity contribution in [2.45, 2.75) is 11.4 Å². The SMILES string of the molecule is C=N/C(=C1/Sc2ccc(-c3ccc(-c4ccc5c(c4)c4ccccc4n5-c4ccccc4)cc3)cc2C1=NCc1ccccc1)c1ccccc1. The van der Waals surface area contributed by atoms with Gasteiger partial charge in [0, 0.05) is 32.5 Å². The summed E-state index contributed by atoms with van der Waals surface area (Å²) in [5, 5.41) is 2.51. The summed E-state index contributed by atoms with van der Waals surface area (Å²) in [4.78, 5) is 12.0. The largest absolute Gasteiger partial charge is 0.309 e. The van der Waals surface area contributed by atoms with Gasteiger partial charge in [-0.3, -0.25) is 9.98 Å². The lowest BCUT2D eigenvalue weighted by atomic mass is 9.97. The van der Waals surface area contributed by atoms with Crippen molar-refractivity contribution >= 4 is 51.7 Å². The molecule has 0 atom stereocenters. The number of para-hydroxylation sites is 2. The van der Waals surface area contributed by atoms with Crippen LogP contribution in [-0.4, -0.2) is 17.0 Å². The van der Waals surface area contributed by atoms with E-state index in [9.17, 15) is 0 Å². The fourth-order valence-electron chi connectivity index (χ4n) is 7.09. The molecule has 0 saturated carbocycles. The fraction of sp³-hybridized carbons (Fsp3) is 0.0213. The Hall–Kier alpha value is -6.23. The van der Waals surface area contributed by atoms with Crippen LogP contribution in [0.4, 0.5) is 0 Å². The van der Waals surface area contributed by atoms with E-state index >= 15 is 0 Å². The molecule has 0 N–H and O–H groups in total. The number of fused-ring (bicyclic) bond motifs is 4. The fourth-order valence-corrected chi connectivity index (χ4v) is 8.26. The Morgan fingerprint density at radius 1 is 0.549 bits per heavy atom. The third-order valence-corrected chi connectivity index (χ3v) is 10.8. The van der Waals surface area contributed by atoms with E-state index in [1.54, 1.807) is 11.8 Å². The number of thioether (sulfide) groups is 1. The number of benzene rings is 7. The predicted octanol–water partition coefficient (Wildman–Crippen LogP) is 12.3. The van der Waals surface area contributed by atoms with E-state index in [1.807, 2.05) is 24.3 Å². The van der Waals surface area contributed by atoms with Crippen LogP contribution in [-0.2, 0) is 6.54 Å². The maximum absolute atomic E-state index is 5.22. The highest BCUT2D eigenvalue weighted by Crippen LogP contribution is 2.46. The molecule has 0 bridgehead atoms. The van der Waals surface area contributed by atoms with Gasteiger partial charge in [0.15, 0.2) is 0 Å². The first-order chi connectivity index (χ1) is 25.2. The molecular weight excluding hydrogens is 639 g/mol. The topological polar surface area (TPSA) is 29.6 Å². The maximum Gasteiger partial charge on any atom is 0.0856 e. The van der Waals surface area contributed by atoms with Gasteiger partial charge in [0.2, 0.25) is 0 Å². The summed E-state index contributed by atoms with van der Waals surface area (Å²) in [7, 11) is 0. The van der Waals surface area contributed by atoms with Crippen LogP contribution in [0.25, 0.3) is 55.4 Å². The van der Waals surface area contributed by atoms with Crippen molar-refractivity contribution in [3.05, 3.63) is 198 Å². The summed E-state index contributed by atoms with van der Waals surface area (Å²) in [5.74, 6) is 0. The summed E-state index contributed by atoms with van der Waals surface area (Å²) in [6, 6.07) is 62.4. The molecule has 7 aromatic carbocycles. The summed E-state index contributed by atoms with van der Waals surface area (Å²) in [6.07, 6.45) is 0. The second-order valence-corrected chi connectivity index (χ2v) is 13.7. The molecule has 0 fully saturated rings. The molecule has 1 aliphatic heterocycles. The average molecular weight is 672 g/mol. The van der Waals surface area contributed by atoms with Crippen molar-refractivity contribution in [3.63, 3.8) is 0 Å². The van der Waals surface area contributed by atoms with E-state index in [0.717, 1.165) is 33.0 Å². The van der Waals surface area contributed by atoms with Crippen LogP contribution in [0.3, 0.4) is 0 Å². The summed E-state index contributed by atoms with van der Waals surface area (Å²) in [6.45, 7) is 4.55. The highest BCUT2D eigenvalue weighted by atomic mass is 32.2. The number of hydrogen-bond acceptors (Lipinski definition) is 3. The molecule has 1 aromatic heterocycles. The van der Waals surface area contributed by atoms with Gasteiger partial charge in [0.05, 0.1) is 33.9 Å². The highest BCUT2D eigenvalue weighted by molar-refractivity contribution is 8.05. The molecule has 1 aliphatic rings. The second-order valence-electron chi connectivity index (χ2n) is 12.7. The Morgan fingerprint density at radius 3 is 1.86 bits per heavy atom. The average Bonchev–Trinajstić information content (AvgIpc) is 3.73. The number of rotatable bonds is 7. The lowest BCUT2D eigenvalue weighted by Gasteiger charge is -2.10. The lowest BCUT2D eigenvalue weighted by Crippen LogP contribution is -2.01. The van der Waals surface area contributed by atoms with Crippen molar-refractivity contribution in [1.29, 1.82) is 0 Å². The molecule has 0 unspecified atom stereocenters. The Labute approximate surface area is 302 Å². The van der Waals surface area contributed by atoms with Crippen molar-refractivity contribution in [1.82, 2.24) is 4.57 Å². The number of hydrogen-bond donors (Lipinski definition) is 0. The number of allylic oxidation sites excluding steroid dienone is 1. The van der Waals surface area contributed by atoms with Gasteiger partial charge in [-0.15, -0.1) is 0 Å². The molecule has 242 valence electrons. The van der Waals surface area contributed by atoms with Gasteiger partial charge in [0.25, 0.3) is 0 Å². The van der Waals surface area contributed by atoms with Crippen LogP contribution in [0.5, 0.6) is 0 Å². The molecular formula is C47H33N3S. The van der Waals surface area contributed by atoms with Gasteiger partial charge in [-0.25, -0.2) is 0 Å². The third-order valence-electron chi connectivity index (χ3n) is 9.58. The van der Waals surface area contributed by atoms with Crippen molar-refractivity contribution < 1.29 is 0 Å². The van der Waals surface area contributed by atoms with Crippen LogP contribution < -0.4 is 0 Å². The zero-order chi connectivity index (χ0) is 34.1. The van der Waals surface area contributed by atoms with Crippen LogP contribution in [0.15, 0.2) is 196 Å². The molecule has 4 heteroatoms. The van der Waals surface area contributed by atoms with Crippen LogP contribution in [0.1, 0.15) is 16.7 Å². The Morgan fingerprint density at radius 2 is 1.14 bits per heavy atom. The van der Waals surface area contributed by atoms with Crippen molar-refractivity contribution in [3.8, 4) is 27.9 Å². The summed E-state index contributed by atoms with van der Waals surface area (Å²) in [5.41, 5.74) is 13.5. The predicted molar refractivity (Wildman–Crippen MR) is 217 cm³/mol. The molecule has 51 heavy (non-hydrogen) atoms. The van der Waals surface area contributed by atoms with E-state index in [4.69, 9.17) is 4.99 Å². The molecule has 8 aromatic rings. The maximum atomic E-state index is 5.22. The monoisotopic (exact) mass is 671 g/mol. The van der Waals surface area contributed by atoms with Crippen molar-refractivity contribution in [2.24, 2.45) is 9.98 Å². The van der Waals surface area contributed by atoms with Gasteiger partial charge in [-0.05, 0) is 77.0 Å². The standard InChI is InChI=1S/C47H33N3S/c1-48-45(35-15-7-3-8-16-35)47-46(49-31-32-13-5-2-6-14-32)41-30-37(26-28-44(41)51-47)34-23-21-33(22-24-34)36-25-27-43-40(29-36)39-19-11-12-20-42(39)50(43)38-17-9-4-10-18-38/h2-30H,1,31H2/b47-45+,49-46?.